The molecule has 156 valence electrons. The standard InChI is InChI=1S/C24H25NO5/c1-2-29-23(27)16-15-22(26)21-13-11-19(12-14-21)8-6-7-17-25-24(28)30-18-20-9-4-3-5-10-20/h3-5,9-14H,2,7,15-18H2,1H3,(H,25,28). The van der Waals surface area contributed by atoms with E-state index in [4.69, 9.17) is 9.47 Å². The van der Waals surface area contributed by atoms with Crippen LogP contribution >= 0.6 is 0 Å². The van der Waals surface area contributed by atoms with Crippen LogP contribution in [0.2, 0.25) is 0 Å². The molecule has 0 heterocycles. The average molecular weight is 407 g/mol. The number of hydrogen-bond donors (Lipinski definition) is 1. The number of nitrogens with one attached hydrogen (secondary N) is 1. The molecule has 0 fully saturated rings. The van der Waals surface area contributed by atoms with E-state index in [0.717, 1.165) is 11.1 Å². The fraction of sp³-hybridized carbons (Fsp3) is 0.292. The summed E-state index contributed by atoms with van der Waals surface area (Å²) in [6, 6.07) is 16.3. The lowest BCUT2D eigenvalue weighted by Crippen LogP contribution is -2.24. The van der Waals surface area contributed by atoms with E-state index in [0.29, 0.717) is 25.1 Å². The van der Waals surface area contributed by atoms with Crippen molar-refractivity contribution in [2.75, 3.05) is 13.2 Å². The van der Waals surface area contributed by atoms with E-state index in [1.54, 1.807) is 31.2 Å². The minimum atomic E-state index is -0.480. The number of esters is 1. The molecule has 2 aromatic carbocycles. The summed E-state index contributed by atoms with van der Waals surface area (Å²) >= 11 is 0. The van der Waals surface area contributed by atoms with E-state index in [1.807, 2.05) is 30.3 Å². The maximum atomic E-state index is 12.1. The molecule has 0 aliphatic rings. The van der Waals surface area contributed by atoms with Crippen LogP contribution in [0.3, 0.4) is 0 Å². The first kappa shape index (κ1) is 22.7. The minimum absolute atomic E-state index is 0.0784. The Bertz CT molecular complexity index is 895. The number of amides is 1. The van der Waals surface area contributed by atoms with Gasteiger partial charge in [-0.05, 0) is 24.6 Å². The molecular weight excluding hydrogens is 382 g/mol. The summed E-state index contributed by atoms with van der Waals surface area (Å²) in [5, 5.41) is 2.65. The average Bonchev–Trinajstić information content (AvgIpc) is 2.77. The Labute approximate surface area is 176 Å². The van der Waals surface area contributed by atoms with E-state index in [2.05, 4.69) is 17.2 Å². The Balaban J connectivity index is 1.68. The van der Waals surface area contributed by atoms with Crippen molar-refractivity contribution >= 4 is 17.8 Å². The number of benzene rings is 2. The van der Waals surface area contributed by atoms with Crippen LogP contribution < -0.4 is 5.32 Å². The Morgan fingerprint density at radius 3 is 2.37 bits per heavy atom. The van der Waals surface area contributed by atoms with Crippen LogP contribution in [0.1, 0.15) is 47.7 Å². The van der Waals surface area contributed by atoms with E-state index >= 15 is 0 Å². The van der Waals surface area contributed by atoms with E-state index in [1.165, 1.54) is 0 Å². The molecular formula is C24H25NO5. The van der Waals surface area contributed by atoms with Gasteiger partial charge in [0.1, 0.15) is 6.61 Å². The number of ether oxygens (including phenoxy) is 2. The molecule has 30 heavy (non-hydrogen) atoms. The fourth-order valence-corrected chi connectivity index (χ4v) is 2.50. The van der Waals surface area contributed by atoms with Crippen molar-refractivity contribution in [1.82, 2.24) is 5.32 Å². The monoisotopic (exact) mass is 407 g/mol. The number of rotatable bonds is 9. The summed E-state index contributed by atoms with van der Waals surface area (Å²) in [7, 11) is 0. The van der Waals surface area contributed by atoms with Crippen molar-refractivity contribution in [2.24, 2.45) is 0 Å². The highest BCUT2D eigenvalue weighted by Crippen LogP contribution is 2.08. The first-order valence-corrected chi connectivity index (χ1v) is 9.80. The van der Waals surface area contributed by atoms with Crippen molar-refractivity contribution in [3.63, 3.8) is 0 Å². The number of ketones is 1. The summed E-state index contributed by atoms with van der Waals surface area (Å²) < 4.78 is 9.93. The van der Waals surface area contributed by atoms with Gasteiger partial charge in [-0.25, -0.2) is 4.79 Å². The zero-order chi connectivity index (χ0) is 21.6. The molecule has 2 rings (SSSR count). The lowest BCUT2D eigenvalue weighted by molar-refractivity contribution is -0.143. The Hall–Kier alpha value is -3.59. The van der Waals surface area contributed by atoms with Crippen LogP contribution in [-0.2, 0) is 20.9 Å². The quantitative estimate of drug-likeness (QED) is 0.295. The first-order valence-electron chi connectivity index (χ1n) is 9.80. The summed E-state index contributed by atoms with van der Waals surface area (Å²) in [5.74, 6) is 5.47. The van der Waals surface area contributed by atoms with Crippen molar-refractivity contribution in [1.29, 1.82) is 0 Å². The van der Waals surface area contributed by atoms with Gasteiger partial charge in [0.05, 0.1) is 13.0 Å². The second-order valence-electron chi connectivity index (χ2n) is 6.35. The highest BCUT2D eigenvalue weighted by molar-refractivity contribution is 5.97. The molecule has 1 N–H and O–H groups in total. The van der Waals surface area contributed by atoms with Crippen molar-refractivity contribution in [3.8, 4) is 11.8 Å². The number of carbonyl (C=O) groups excluding carboxylic acids is 3. The van der Waals surface area contributed by atoms with E-state index < -0.39 is 6.09 Å². The normalized spacial score (nSPS) is 9.77. The minimum Gasteiger partial charge on any atom is -0.466 e. The molecule has 0 aliphatic carbocycles. The summed E-state index contributed by atoms with van der Waals surface area (Å²) in [5.41, 5.74) is 2.23. The number of alkyl carbamates (subject to hydrolysis) is 1. The predicted octanol–water partition coefficient (Wildman–Crippen LogP) is 3.88. The van der Waals surface area contributed by atoms with Gasteiger partial charge < -0.3 is 14.8 Å². The molecule has 0 unspecified atom stereocenters. The largest absolute Gasteiger partial charge is 0.466 e. The summed E-state index contributed by atoms with van der Waals surface area (Å²) in [6.45, 7) is 2.65. The third-order valence-corrected chi connectivity index (χ3v) is 4.03. The second-order valence-corrected chi connectivity index (χ2v) is 6.35. The van der Waals surface area contributed by atoms with Crippen molar-refractivity contribution < 1.29 is 23.9 Å². The molecule has 0 atom stereocenters. The fourth-order valence-electron chi connectivity index (χ4n) is 2.50. The SMILES string of the molecule is CCOC(=O)CCC(=O)c1ccc(C#CCCNC(=O)OCc2ccccc2)cc1. The molecule has 0 radical (unpaired) electrons. The van der Waals surface area contributed by atoms with Gasteiger partial charge in [0.15, 0.2) is 5.78 Å². The third kappa shape index (κ3) is 8.61. The lowest BCUT2D eigenvalue weighted by Gasteiger charge is -2.05. The van der Waals surface area contributed by atoms with Gasteiger partial charge >= 0.3 is 12.1 Å². The van der Waals surface area contributed by atoms with Gasteiger partial charge in [-0.15, -0.1) is 0 Å². The zero-order valence-corrected chi connectivity index (χ0v) is 17.0. The van der Waals surface area contributed by atoms with E-state index in [-0.39, 0.29) is 31.2 Å². The molecule has 0 aliphatic heterocycles. The maximum absolute atomic E-state index is 12.1. The van der Waals surface area contributed by atoms with Crippen LogP contribution in [0.15, 0.2) is 54.6 Å². The molecule has 1 amide bonds. The molecule has 0 spiro atoms. The zero-order valence-electron chi connectivity index (χ0n) is 17.0. The van der Waals surface area contributed by atoms with Crippen LogP contribution in [0, 0.1) is 11.8 Å². The van der Waals surface area contributed by atoms with Crippen LogP contribution in [-0.4, -0.2) is 31.0 Å². The van der Waals surface area contributed by atoms with Crippen LogP contribution in [0.4, 0.5) is 4.79 Å². The van der Waals surface area contributed by atoms with Gasteiger partial charge in [-0.2, -0.15) is 0 Å². The Kier molecular flexibility index (Phi) is 9.67. The van der Waals surface area contributed by atoms with Gasteiger partial charge in [0, 0.05) is 30.5 Å². The number of hydrogen-bond acceptors (Lipinski definition) is 5. The molecule has 0 saturated heterocycles. The van der Waals surface area contributed by atoms with Crippen LogP contribution in [0.5, 0.6) is 0 Å². The molecule has 0 bridgehead atoms. The van der Waals surface area contributed by atoms with Crippen molar-refractivity contribution in [3.05, 3.63) is 71.3 Å². The Morgan fingerprint density at radius 1 is 0.933 bits per heavy atom. The molecule has 0 saturated carbocycles. The lowest BCUT2D eigenvalue weighted by atomic mass is 10.0. The predicted molar refractivity (Wildman–Crippen MR) is 113 cm³/mol. The third-order valence-electron chi connectivity index (χ3n) is 4.03. The highest BCUT2D eigenvalue weighted by Gasteiger charge is 2.09. The maximum Gasteiger partial charge on any atom is 0.407 e. The van der Waals surface area contributed by atoms with Gasteiger partial charge in [0.25, 0.3) is 0 Å². The molecule has 6 heteroatoms. The number of Topliss-reactive ketones (excluding diaryl/α,β-unsaturated/α-hetero) is 1. The second kappa shape index (κ2) is 12.8. The Morgan fingerprint density at radius 2 is 1.67 bits per heavy atom. The molecule has 0 aromatic heterocycles. The summed E-state index contributed by atoms with van der Waals surface area (Å²) in [6.07, 6.45) is 0.192. The van der Waals surface area contributed by atoms with Gasteiger partial charge in [0.2, 0.25) is 0 Å². The van der Waals surface area contributed by atoms with Gasteiger partial charge in [-0.3, -0.25) is 9.59 Å². The molecule has 6 nitrogen and oxygen atoms in total. The summed E-state index contributed by atoms with van der Waals surface area (Å²) in [4.78, 5) is 35.0. The topological polar surface area (TPSA) is 81.7 Å². The van der Waals surface area contributed by atoms with Gasteiger partial charge in [-0.1, -0.05) is 54.3 Å². The highest BCUT2D eigenvalue weighted by atomic mass is 16.5. The van der Waals surface area contributed by atoms with E-state index in [9.17, 15) is 14.4 Å². The first-order chi connectivity index (χ1) is 14.6. The smallest absolute Gasteiger partial charge is 0.407 e. The number of carbonyl (C=O) groups is 3. The van der Waals surface area contributed by atoms with Crippen molar-refractivity contribution in [2.45, 2.75) is 32.8 Å². The molecule has 2 aromatic rings. The van der Waals surface area contributed by atoms with Crippen LogP contribution in [0.25, 0.3) is 0 Å².